The number of hydrogen-bond acceptors (Lipinski definition) is 6. The van der Waals surface area contributed by atoms with Gasteiger partial charge >= 0.3 is 12.6 Å². The largest absolute Gasteiger partial charge is 0.486 e. The number of halogens is 2. The number of rotatable bonds is 4. The van der Waals surface area contributed by atoms with E-state index >= 15 is 0 Å². The van der Waals surface area contributed by atoms with Crippen molar-refractivity contribution in [2.24, 2.45) is 4.99 Å². The summed E-state index contributed by atoms with van der Waals surface area (Å²) in [5, 5.41) is 0. The van der Waals surface area contributed by atoms with Gasteiger partial charge in [-0.3, -0.25) is 0 Å². The van der Waals surface area contributed by atoms with Crippen molar-refractivity contribution in [1.29, 1.82) is 0 Å². The third-order valence-electron chi connectivity index (χ3n) is 3.82. The number of esters is 1. The van der Waals surface area contributed by atoms with Crippen LogP contribution in [0.1, 0.15) is 11.1 Å². The summed E-state index contributed by atoms with van der Waals surface area (Å²) < 4.78 is 44.8. The number of hydrogen-bond donors (Lipinski definition) is 0. The minimum absolute atomic E-state index is 0.00529. The summed E-state index contributed by atoms with van der Waals surface area (Å²) in [4.78, 5) is 16.3. The van der Waals surface area contributed by atoms with E-state index in [-0.39, 0.29) is 17.3 Å². The lowest BCUT2D eigenvalue weighted by Crippen LogP contribution is -2.15. The number of aliphatic imine (C=N–C) groups is 1. The van der Waals surface area contributed by atoms with E-state index in [9.17, 15) is 13.6 Å². The number of carbonyl (C=O) groups excluding carboxylic acids is 1. The zero-order chi connectivity index (χ0) is 18.8. The van der Waals surface area contributed by atoms with Crippen molar-refractivity contribution >= 4 is 17.9 Å². The molecule has 138 valence electrons. The summed E-state index contributed by atoms with van der Waals surface area (Å²) in [5.41, 5.74) is 1.29. The topological polar surface area (TPSA) is 66.4 Å². The highest BCUT2D eigenvalue weighted by Gasteiger charge is 2.24. The van der Waals surface area contributed by atoms with Gasteiger partial charge in [0.15, 0.2) is 17.2 Å². The van der Waals surface area contributed by atoms with Crippen molar-refractivity contribution in [3.63, 3.8) is 0 Å². The summed E-state index contributed by atoms with van der Waals surface area (Å²) in [6.07, 6.45) is 1.57. The molecular weight excluding hydrogens is 360 g/mol. The number of ether oxygens (including phenoxy) is 4. The lowest BCUT2D eigenvalue weighted by atomic mass is 10.1. The van der Waals surface area contributed by atoms with E-state index in [1.54, 1.807) is 24.3 Å². The van der Waals surface area contributed by atoms with Crippen LogP contribution in [0.5, 0.6) is 17.2 Å². The van der Waals surface area contributed by atoms with Crippen LogP contribution >= 0.6 is 0 Å². The van der Waals surface area contributed by atoms with Gasteiger partial charge in [0, 0.05) is 5.56 Å². The molecule has 0 aromatic heterocycles. The fraction of sp³-hybridized carbons (Fsp3) is 0.158. The van der Waals surface area contributed by atoms with Crippen LogP contribution in [0.4, 0.5) is 8.78 Å². The zero-order valence-electron chi connectivity index (χ0n) is 13.9. The SMILES string of the molecule is O=C1OC(c2ccc(OC(F)F)cc2)=NC1=Cc1ccc2c(c1)OCCO2. The average Bonchev–Trinajstić information content (AvgIpc) is 3.02. The smallest absolute Gasteiger partial charge is 0.387 e. The summed E-state index contributed by atoms with van der Waals surface area (Å²) in [5.74, 6) is 0.736. The molecule has 6 nitrogen and oxygen atoms in total. The molecule has 8 heteroatoms. The highest BCUT2D eigenvalue weighted by molar-refractivity contribution is 6.12. The van der Waals surface area contributed by atoms with Crippen LogP contribution in [0.15, 0.2) is 53.2 Å². The molecule has 0 bridgehead atoms. The van der Waals surface area contributed by atoms with Gasteiger partial charge in [-0.05, 0) is 48.0 Å². The van der Waals surface area contributed by atoms with Crippen molar-refractivity contribution in [3.05, 3.63) is 59.3 Å². The monoisotopic (exact) mass is 373 g/mol. The lowest BCUT2D eigenvalue weighted by Gasteiger charge is -2.18. The molecule has 0 unspecified atom stereocenters. The third kappa shape index (κ3) is 3.74. The van der Waals surface area contributed by atoms with Gasteiger partial charge in [-0.15, -0.1) is 0 Å². The van der Waals surface area contributed by atoms with E-state index in [4.69, 9.17) is 14.2 Å². The van der Waals surface area contributed by atoms with E-state index in [0.717, 1.165) is 0 Å². The van der Waals surface area contributed by atoms with E-state index < -0.39 is 12.6 Å². The molecule has 2 heterocycles. The predicted molar refractivity (Wildman–Crippen MR) is 91.1 cm³/mol. The van der Waals surface area contributed by atoms with Crippen molar-refractivity contribution in [2.45, 2.75) is 6.61 Å². The Bertz CT molecular complexity index is 938. The summed E-state index contributed by atoms with van der Waals surface area (Å²) >= 11 is 0. The maximum absolute atomic E-state index is 12.2. The fourth-order valence-electron chi connectivity index (χ4n) is 2.62. The van der Waals surface area contributed by atoms with Gasteiger partial charge < -0.3 is 18.9 Å². The number of benzene rings is 2. The van der Waals surface area contributed by atoms with Gasteiger partial charge in [0.05, 0.1) is 0 Å². The van der Waals surface area contributed by atoms with Gasteiger partial charge in [-0.25, -0.2) is 9.79 Å². The zero-order valence-corrected chi connectivity index (χ0v) is 13.9. The van der Waals surface area contributed by atoms with Gasteiger partial charge in [-0.1, -0.05) is 6.07 Å². The Kier molecular flexibility index (Phi) is 4.45. The van der Waals surface area contributed by atoms with Crippen LogP contribution in [0.25, 0.3) is 6.08 Å². The van der Waals surface area contributed by atoms with Crippen LogP contribution in [0, 0.1) is 0 Å². The first-order chi connectivity index (χ1) is 13.1. The van der Waals surface area contributed by atoms with Gasteiger partial charge in [-0.2, -0.15) is 8.78 Å². The van der Waals surface area contributed by atoms with E-state index in [2.05, 4.69) is 9.73 Å². The minimum Gasteiger partial charge on any atom is -0.486 e. The van der Waals surface area contributed by atoms with Crippen molar-refractivity contribution < 1.29 is 32.5 Å². The molecule has 2 aliphatic rings. The second kappa shape index (κ2) is 7.06. The summed E-state index contributed by atoms with van der Waals surface area (Å²) in [6, 6.07) is 10.9. The molecule has 0 fully saturated rings. The highest BCUT2D eigenvalue weighted by atomic mass is 19.3. The molecule has 0 radical (unpaired) electrons. The molecule has 0 amide bonds. The molecule has 0 aliphatic carbocycles. The third-order valence-corrected chi connectivity index (χ3v) is 3.82. The Morgan fingerprint density at radius 1 is 1.04 bits per heavy atom. The Hall–Kier alpha value is -3.42. The first kappa shape index (κ1) is 17.0. The molecule has 0 saturated carbocycles. The molecular formula is C19H13F2NO5. The summed E-state index contributed by atoms with van der Waals surface area (Å²) in [7, 11) is 0. The number of nitrogens with zero attached hydrogens (tertiary/aromatic N) is 1. The normalized spacial score (nSPS) is 17.1. The van der Waals surface area contributed by atoms with Crippen LogP contribution in [-0.4, -0.2) is 31.7 Å². The molecule has 2 aliphatic heterocycles. The van der Waals surface area contributed by atoms with Crippen molar-refractivity contribution in [2.75, 3.05) is 13.2 Å². The number of alkyl halides is 2. The molecule has 0 atom stereocenters. The van der Waals surface area contributed by atoms with E-state index in [1.165, 1.54) is 24.3 Å². The average molecular weight is 373 g/mol. The molecule has 4 rings (SSSR count). The number of cyclic esters (lactones) is 1. The molecule has 0 N–H and O–H groups in total. The second-order valence-corrected chi connectivity index (χ2v) is 5.64. The lowest BCUT2D eigenvalue weighted by molar-refractivity contribution is -0.129. The number of fused-ring (bicyclic) bond motifs is 1. The maximum atomic E-state index is 12.2. The molecule has 0 spiro atoms. The van der Waals surface area contributed by atoms with Gasteiger partial charge in [0.25, 0.3) is 0 Å². The fourth-order valence-corrected chi connectivity index (χ4v) is 2.62. The summed E-state index contributed by atoms with van der Waals surface area (Å²) in [6.45, 7) is -1.95. The van der Waals surface area contributed by atoms with Gasteiger partial charge in [0.2, 0.25) is 5.90 Å². The van der Waals surface area contributed by atoms with Crippen LogP contribution in [-0.2, 0) is 9.53 Å². The van der Waals surface area contributed by atoms with Crippen molar-refractivity contribution in [3.8, 4) is 17.2 Å². The Labute approximate surface area is 152 Å². The van der Waals surface area contributed by atoms with Crippen LogP contribution in [0.2, 0.25) is 0 Å². The standard InChI is InChI=1S/C19H13F2NO5/c20-19(21)26-13-4-2-12(3-5-13)17-22-14(18(23)27-17)9-11-1-6-15-16(10-11)25-8-7-24-15/h1-6,9-10,19H,7-8H2. The Balaban J connectivity index is 1.56. The highest BCUT2D eigenvalue weighted by Crippen LogP contribution is 2.32. The second-order valence-electron chi connectivity index (χ2n) is 5.64. The predicted octanol–water partition coefficient (Wildman–Crippen LogP) is 3.40. The first-order valence-corrected chi connectivity index (χ1v) is 8.06. The maximum Gasteiger partial charge on any atom is 0.387 e. The van der Waals surface area contributed by atoms with E-state index in [0.29, 0.717) is 35.8 Å². The minimum atomic E-state index is -2.90. The quantitative estimate of drug-likeness (QED) is 0.607. The van der Waals surface area contributed by atoms with Crippen molar-refractivity contribution in [1.82, 2.24) is 0 Å². The molecule has 2 aromatic rings. The first-order valence-electron chi connectivity index (χ1n) is 8.06. The van der Waals surface area contributed by atoms with Crippen LogP contribution < -0.4 is 14.2 Å². The molecule has 0 saturated heterocycles. The van der Waals surface area contributed by atoms with Gasteiger partial charge in [0.1, 0.15) is 19.0 Å². The van der Waals surface area contributed by atoms with E-state index in [1.807, 2.05) is 0 Å². The Morgan fingerprint density at radius 2 is 1.78 bits per heavy atom. The molecule has 27 heavy (non-hydrogen) atoms. The van der Waals surface area contributed by atoms with Crippen LogP contribution in [0.3, 0.4) is 0 Å². The Morgan fingerprint density at radius 3 is 2.52 bits per heavy atom. The number of carbonyl (C=O) groups is 1. The molecule has 2 aromatic carbocycles.